The number of aromatic amines is 1. The van der Waals surface area contributed by atoms with Gasteiger partial charge in [-0.3, -0.25) is 4.79 Å². The molecule has 0 aliphatic heterocycles. The van der Waals surface area contributed by atoms with Crippen LogP contribution in [0.4, 0.5) is 13.2 Å². The number of hydrogen-bond acceptors (Lipinski definition) is 5. The van der Waals surface area contributed by atoms with E-state index in [1.54, 1.807) is 38.1 Å². The zero-order chi connectivity index (χ0) is 27.1. The van der Waals surface area contributed by atoms with Crippen molar-refractivity contribution >= 4 is 26.7 Å². The summed E-state index contributed by atoms with van der Waals surface area (Å²) in [6.07, 6.45) is -3.14. The van der Waals surface area contributed by atoms with Crippen molar-refractivity contribution in [2.75, 3.05) is 0 Å². The second-order valence-electron chi connectivity index (χ2n) is 8.70. The summed E-state index contributed by atoms with van der Waals surface area (Å²) in [6.45, 7) is 3.60. The van der Waals surface area contributed by atoms with Crippen LogP contribution in [0.25, 0.3) is 10.9 Å². The third kappa shape index (κ3) is 5.32. The highest BCUT2D eigenvalue weighted by Gasteiger charge is 2.31. The minimum atomic E-state index is -4.58. The molecular formula is C26H23F3N2O5S. The van der Waals surface area contributed by atoms with Gasteiger partial charge in [-0.1, -0.05) is 12.1 Å². The number of carboxylic acid groups (broad SMARTS) is 1. The molecule has 0 saturated carbocycles. The maximum Gasteiger partial charge on any atom is 0.416 e. The first kappa shape index (κ1) is 26.2. The molecule has 1 aromatic heterocycles. The molecule has 0 fully saturated rings. The number of sulfone groups is 1. The van der Waals surface area contributed by atoms with Gasteiger partial charge < -0.3 is 20.6 Å². The van der Waals surface area contributed by atoms with Gasteiger partial charge in [0.2, 0.25) is 9.84 Å². The SMILES string of the molecule is Cc1cc(C[C@@H](N)C(=O)O)cc(C)c1Oc1ccc2[nH]cc(S(=O)(=O)c3ccc(C(F)(F)F)cc3)c2c1. The van der Waals surface area contributed by atoms with Gasteiger partial charge in [0, 0.05) is 17.1 Å². The van der Waals surface area contributed by atoms with Gasteiger partial charge in [-0.25, -0.2) is 8.42 Å². The van der Waals surface area contributed by atoms with E-state index in [1.165, 1.54) is 12.3 Å². The average Bonchev–Trinajstić information content (AvgIpc) is 3.25. The van der Waals surface area contributed by atoms with Gasteiger partial charge in [0.05, 0.1) is 15.4 Å². The minimum Gasteiger partial charge on any atom is -0.480 e. The Morgan fingerprint density at radius 1 is 1.05 bits per heavy atom. The molecule has 37 heavy (non-hydrogen) atoms. The Morgan fingerprint density at radius 3 is 2.24 bits per heavy atom. The van der Waals surface area contributed by atoms with Gasteiger partial charge in [-0.15, -0.1) is 0 Å². The molecule has 0 bridgehead atoms. The smallest absolute Gasteiger partial charge is 0.416 e. The van der Waals surface area contributed by atoms with Gasteiger partial charge >= 0.3 is 12.1 Å². The number of H-pyrrole nitrogens is 1. The zero-order valence-corrected chi connectivity index (χ0v) is 20.6. The lowest BCUT2D eigenvalue weighted by atomic mass is 10.0. The molecule has 0 aliphatic carbocycles. The summed E-state index contributed by atoms with van der Waals surface area (Å²) in [5.74, 6) is -0.232. The Kier molecular flexibility index (Phi) is 6.78. The third-order valence-corrected chi connectivity index (χ3v) is 7.72. The van der Waals surface area contributed by atoms with E-state index in [0.717, 1.165) is 41.0 Å². The number of aromatic nitrogens is 1. The molecule has 0 saturated heterocycles. The third-order valence-electron chi connectivity index (χ3n) is 5.91. The number of halogens is 3. The summed E-state index contributed by atoms with van der Waals surface area (Å²) in [5, 5.41) is 9.37. The highest BCUT2D eigenvalue weighted by Crippen LogP contribution is 2.36. The van der Waals surface area contributed by atoms with E-state index in [2.05, 4.69) is 4.98 Å². The van der Waals surface area contributed by atoms with E-state index in [0.29, 0.717) is 22.4 Å². The normalized spacial score (nSPS) is 13.0. The quantitative estimate of drug-likeness (QED) is 0.294. The van der Waals surface area contributed by atoms with E-state index in [-0.39, 0.29) is 16.2 Å². The maximum absolute atomic E-state index is 13.2. The molecule has 0 aliphatic rings. The van der Waals surface area contributed by atoms with Crippen molar-refractivity contribution in [3.05, 3.63) is 83.0 Å². The number of hydrogen-bond donors (Lipinski definition) is 3. The number of carboxylic acids is 1. The van der Waals surface area contributed by atoms with Crippen LogP contribution in [0.5, 0.6) is 11.5 Å². The monoisotopic (exact) mass is 532 g/mol. The molecule has 0 unspecified atom stereocenters. The molecule has 3 aromatic carbocycles. The fourth-order valence-electron chi connectivity index (χ4n) is 4.09. The highest BCUT2D eigenvalue weighted by atomic mass is 32.2. The molecule has 4 aromatic rings. The number of benzene rings is 3. The number of ether oxygens (including phenoxy) is 1. The first-order valence-electron chi connectivity index (χ1n) is 11.1. The first-order chi connectivity index (χ1) is 17.3. The average molecular weight is 533 g/mol. The number of nitrogens with one attached hydrogen (secondary N) is 1. The Morgan fingerprint density at radius 2 is 1.68 bits per heavy atom. The van der Waals surface area contributed by atoms with Gasteiger partial charge in [0.1, 0.15) is 17.5 Å². The number of carbonyl (C=O) groups is 1. The Labute approximate surface area is 210 Å². The van der Waals surface area contributed by atoms with Crippen LogP contribution in [0.15, 0.2) is 70.6 Å². The van der Waals surface area contributed by atoms with E-state index in [4.69, 9.17) is 15.6 Å². The fourth-order valence-corrected chi connectivity index (χ4v) is 5.51. The Hall–Kier alpha value is -3.83. The molecule has 0 amide bonds. The maximum atomic E-state index is 13.2. The Balaban J connectivity index is 1.67. The zero-order valence-electron chi connectivity index (χ0n) is 19.8. The van der Waals surface area contributed by atoms with E-state index in [1.807, 2.05) is 0 Å². The largest absolute Gasteiger partial charge is 0.480 e. The van der Waals surface area contributed by atoms with Crippen LogP contribution in [-0.4, -0.2) is 30.5 Å². The van der Waals surface area contributed by atoms with Gasteiger partial charge in [-0.2, -0.15) is 13.2 Å². The van der Waals surface area contributed by atoms with Crippen LogP contribution in [-0.2, 0) is 27.2 Å². The van der Waals surface area contributed by atoms with E-state index >= 15 is 0 Å². The summed E-state index contributed by atoms with van der Waals surface area (Å²) in [6, 6.07) is 10.7. The summed E-state index contributed by atoms with van der Waals surface area (Å²) >= 11 is 0. The number of aryl methyl sites for hydroxylation is 2. The van der Waals surface area contributed by atoms with Gasteiger partial charge in [0.15, 0.2) is 0 Å². The van der Waals surface area contributed by atoms with Gasteiger partial charge in [-0.05, 0) is 79.4 Å². The van der Waals surface area contributed by atoms with Crippen molar-refractivity contribution in [3.8, 4) is 11.5 Å². The molecule has 1 heterocycles. The van der Waals surface area contributed by atoms with Crippen LogP contribution in [0.1, 0.15) is 22.3 Å². The van der Waals surface area contributed by atoms with Crippen LogP contribution in [0.3, 0.4) is 0 Å². The van der Waals surface area contributed by atoms with Crippen molar-refractivity contribution in [2.45, 2.75) is 42.3 Å². The molecule has 0 spiro atoms. The fraction of sp³-hybridized carbons (Fsp3) is 0.192. The number of alkyl halides is 3. The predicted octanol–water partition coefficient (Wildman–Crippen LogP) is 5.38. The molecular weight excluding hydrogens is 509 g/mol. The van der Waals surface area contributed by atoms with Crippen LogP contribution >= 0.6 is 0 Å². The number of fused-ring (bicyclic) bond motifs is 1. The first-order valence-corrected chi connectivity index (χ1v) is 12.6. The second-order valence-corrected chi connectivity index (χ2v) is 10.6. The standard InChI is InChI=1S/C26H23F3N2O5S/c1-14-9-16(11-21(30)25(32)33)10-15(2)24(14)36-18-5-8-22-20(12-18)23(13-31-22)37(34,35)19-6-3-17(4-7-19)26(27,28)29/h3-10,12-13,21,31H,11,30H2,1-2H3,(H,32,33)/t21-/m1/s1. The lowest BCUT2D eigenvalue weighted by Gasteiger charge is -2.15. The topological polar surface area (TPSA) is 122 Å². The second kappa shape index (κ2) is 9.56. The minimum absolute atomic E-state index is 0.0980. The lowest BCUT2D eigenvalue weighted by molar-refractivity contribution is -0.139. The van der Waals surface area contributed by atoms with E-state index < -0.39 is 33.6 Å². The summed E-state index contributed by atoms with van der Waals surface area (Å²) in [7, 11) is -4.13. The van der Waals surface area contributed by atoms with E-state index in [9.17, 15) is 26.4 Å². The number of rotatable bonds is 7. The Bertz CT molecular complexity index is 1570. The summed E-state index contributed by atoms with van der Waals surface area (Å²) in [5.41, 5.74) is 7.41. The molecule has 4 N–H and O–H groups in total. The summed E-state index contributed by atoms with van der Waals surface area (Å²) in [4.78, 5) is 13.6. The van der Waals surface area contributed by atoms with Crippen LogP contribution in [0.2, 0.25) is 0 Å². The molecule has 1 atom stereocenters. The molecule has 4 rings (SSSR count). The van der Waals surface area contributed by atoms with Crippen molar-refractivity contribution in [2.24, 2.45) is 5.73 Å². The van der Waals surface area contributed by atoms with Gasteiger partial charge in [0.25, 0.3) is 0 Å². The molecule has 0 radical (unpaired) electrons. The summed E-state index contributed by atoms with van der Waals surface area (Å²) < 4.78 is 71.2. The number of nitrogens with two attached hydrogens (primary N) is 1. The van der Waals surface area contributed by atoms with Crippen molar-refractivity contribution in [3.63, 3.8) is 0 Å². The van der Waals surface area contributed by atoms with Crippen molar-refractivity contribution in [1.29, 1.82) is 0 Å². The molecule has 7 nitrogen and oxygen atoms in total. The molecule has 194 valence electrons. The predicted molar refractivity (Wildman–Crippen MR) is 130 cm³/mol. The van der Waals surface area contributed by atoms with Crippen LogP contribution < -0.4 is 10.5 Å². The van der Waals surface area contributed by atoms with Crippen molar-refractivity contribution < 1.29 is 36.2 Å². The lowest BCUT2D eigenvalue weighted by Crippen LogP contribution is -2.32. The van der Waals surface area contributed by atoms with Crippen molar-refractivity contribution in [1.82, 2.24) is 4.98 Å². The highest BCUT2D eigenvalue weighted by molar-refractivity contribution is 7.91. The molecule has 11 heteroatoms. The van der Waals surface area contributed by atoms with Crippen LogP contribution in [0, 0.1) is 13.8 Å². The number of aliphatic carboxylic acids is 1.